The van der Waals surface area contributed by atoms with Gasteiger partial charge in [0.05, 0.1) is 11.5 Å². The summed E-state index contributed by atoms with van der Waals surface area (Å²) in [7, 11) is -3.44. The molecule has 0 aromatic heterocycles. The van der Waals surface area contributed by atoms with E-state index in [2.05, 4.69) is 10.0 Å². The van der Waals surface area contributed by atoms with Crippen molar-refractivity contribution in [1.82, 2.24) is 10.0 Å². The predicted molar refractivity (Wildman–Crippen MR) is 85.1 cm³/mol. The lowest BCUT2D eigenvalue weighted by Gasteiger charge is -2.13. The van der Waals surface area contributed by atoms with Crippen LogP contribution in [0.3, 0.4) is 0 Å². The number of ether oxygens (including phenoxy) is 1. The molecule has 0 aliphatic carbocycles. The average Bonchev–Trinajstić information content (AvgIpc) is 2.49. The van der Waals surface area contributed by atoms with Crippen LogP contribution in [0.2, 0.25) is 0 Å². The highest BCUT2D eigenvalue weighted by Gasteiger charge is 2.15. The molecule has 0 amide bonds. The Morgan fingerprint density at radius 3 is 2.52 bits per heavy atom. The van der Waals surface area contributed by atoms with E-state index in [1.807, 2.05) is 20.8 Å². The molecular formula is C15H26N2O3S. The van der Waals surface area contributed by atoms with Crippen LogP contribution in [0.15, 0.2) is 23.1 Å². The summed E-state index contributed by atoms with van der Waals surface area (Å²) in [5.74, 6) is 0.743. The summed E-state index contributed by atoms with van der Waals surface area (Å²) in [5.41, 5.74) is 0.865. The lowest BCUT2D eigenvalue weighted by atomic mass is 10.2. The zero-order chi connectivity index (χ0) is 15.7. The molecule has 1 aromatic rings. The maximum absolute atomic E-state index is 12.2. The van der Waals surface area contributed by atoms with Crippen molar-refractivity contribution in [2.45, 2.75) is 45.1 Å². The second kappa shape index (κ2) is 9.02. The summed E-state index contributed by atoms with van der Waals surface area (Å²) in [6.45, 7) is 8.46. The summed E-state index contributed by atoms with van der Waals surface area (Å²) in [6.07, 6.45) is 1.68. The molecule has 0 radical (unpaired) electrons. The molecule has 0 aliphatic heterocycles. The van der Waals surface area contributed by atoms with Crippen molar-refractivity contribution < 1.29 is 13.2 Å². The number of sulfonamides is 1. The Morgan fingerprint density at radius 2 is 1.90 bits per heavy atom. The van der Waals surface area contributed by atoms with Gasteiger partial charge in [0.2, 0.25) is 10.0 Å². The Hall–Kier alpha value is -1.11. The first kappa shape index (κ1) is 17.9. The lowest BCUT2D eigenvalue weighted by Crippen LogP contribution is -2.24. The van der Waals surface area contributed by atoms with Gasteiger partial charge in [-0.05, 0) is 37.6 Å². The molecule has 0 heterocycles. The Balaban J connectivity index is 3.02. The minimum atomic E-state index is -3.44. The van der Waals surface area contributed by atoms with Crippen LogP contribution in [-0.2, 0) is 16.6 Å². The van der Waals surface area contributed by atoms with Crippen molar-refractivity contribution in [2.24, 2.45) is 0 Å². The number of benzene rings is 1. The topological polar surface area (TPSA) is 67.4 Å². The SMILES string of the molecule is CCCNS(=O)(=O)c1ccc(OCCC)c(CNCC)c1. The Morgan fingerprint density at radius 1 is 1.14 bits per heavy atom. The second-order valence-electron chi connectivity index (χ2n) is 4.80. The van der Waals surface area contributed by atoms with Gasteiger partial charge in [-0.15, -0.1) is 0 Å². The van der Waals surface area contributed by atoms with Crippen LogP contribution in [0.5, 0.6) is 5.75 Å². The van der Waals surface area contributed by atoms with Crippen LogP contribution in [0.4, 0.5) is 0 Å². The van der Waals surface area contributed by atoms with Crippen LogP contribution in [0, 0.1) is 0 Å². The van der Waals surface area contributed by atoms with E-state index in [1.54, 1.807) is 18.2 Å². The molecule has 1 rings (SSSR count). The largest absolute Gasteiger partial charge is 0.493 e. The molecule has 5 nitrogen and oxygen atoms in total. The van der Waals surface area contributed by atoms with Crippen molar-refractivity contribution in [2.75, 3.05) is 19.7 Å². The van der Waals surface area contributed by atoms with E-state index in [1.165, 1.54) is 0 Å². The summed E-state index contributed by atoms with van der Waals surface area (Å²) >= 11 is 0. The number of nitrogens with one attached hydrogen (secondary N) is 2. The van der Waals surface area contributed by atoms with Crippen LogP contribution >= 0.6 is 0 Å². The van der Waals surface area contributed by atoms with E-state index in [-0.39, 0.29) is 4.90 Å². The van der Waals surface area contributed by atoms with Crippen LogP contribution in [-0.4, -0.2) is 28.1 Å². The molecular weight excluding hydrogens is 288 g/mol. The monoisotopic (exact) mass is 314 g/mol. The minimum Gasteiger partial charge on any atom is -0.493 e. The van der Waals surface area contributed by atoms with E-state index >= 15 is 0 Å². The first-order chi connectivity index (χ1) is 10.0. The molecule has 0 saturated heterocycles. The summed E-state index contributed by atoms with van der Waals surface area (Å²) < 4.78 is 32.6. The average molecular weight is 314 g/mol. The van der Waals surface area contributed by atoms with E-state index in [9.17, 15) is 8.42 Å². The fraction of sp³-hybridized carbons (Fsp3) is 0.600. The van der Waals surface area contributed by atoms with Gasteiger partial charge < -0.3 is 10.1 Å². The highest BCUT2D eigenvalue weighted by atomic mass is 32.2. The zero-order valence-electron chi connectivity index (χ0n) is 13.1. The zero-order valence-corrected chi connectivity index (χ0v) is 13.9. The molecule has 1 aromatic carbocycles. The first-order valence-corrected chi connectivity index (χ1v) is 8.99. The highest BCUT2D eigenvalue weighted by molar-refractivity contribution is 7.89. The van der Waals surface area contributed by atoms with E-state index in [0.29, 0.717) is 19.7 Å². The number of hydrogen-bond donors (Lipinski definition) is 2. The maximum Gasteiger partial charge on any atom is 0.240 e. The standard InChI is InChI=1S/C15H26N2O3S/c1-4-9-17-21(18,19)14-7-8-15(20-10-5-2)13(11-14)12-16-6-3/h7-8,11,16-17H,4-6,9-10,12H2,1-3H3. The lowest BCUT2D eigenvalue weighted by molar-refractivity contribution is 0.313. The first-order valence-electron chi connectivity index (χ1n) is 7.51. The van der Waals surface area contributed by atoms with Crippen molar-refractivity contribution in [3.8, 4) is 5.75 Å². The third-order valence-electron chi connectivity index (χ3n) is 2.91. The van der Waals surface area contributed by atoms with Crippen LogP contribution in [0.25, 0.3) is 0 Å². The van der Waals surface area contributed by atoms with Gasteiger partial charge in [0.15, 0.2) is 0 Å². The molecule has 21 heavy (non-hydrogen) atoms. The Kier molecular flexibility index (Phi) is 7.71. The van der Waals surface area contributed by atoms with Crippen molar-refractivity contribution in [3.05, 3.63) is 23.8 Å². The number of hydrogen-bond acceptors (Lipinski definition) is 4. The summed E-state index contributed by atoms with van der Waals surface area (Å²) in [6, 6.07) is 5.02. The molecule has 0 fully saturated rings. The van der Waals surface area contributed by atoms with Crippen LogP contribution < -0.4 is 14.8 Å². The van der Waals surface area contributed by atoms with Gasteiger partial charge in [-0.1, -0.05) is 20.8 Å². The quantitative estimate of drug-likeness (QED) is 0.695. The Bertz CT molecular complexity index is 530. The van der Waals surface area contributed by atoms with E-state index in [0.717, 1.165) is 30.7 Å². The normalized spacial score (nSPS) is 11.6. The third kappa shape index (κ3) is 5.65. The van der Waals surface area contributed by atoms with Gasteiger partial charge in [-0.3, -0.25) is 0 Å². The van der Waals surface area contributed by atoms with Gasteiger partial charge in [-0.2, -0.15) is 0 Å². The number of rotatable bonds is 10. The molecule has 0 spiro atoms. The smallest absolute Gasteiger partial charge is 0.240 e. The molecule has 120 valence electrons. The highest BCUT2D eigenvalue weighted by Crippen LogP contribution is 2.23. The van der Waals surface area contributed by atoms with Crippen molar-refractivity contribution >= 4 is 10.0 Å². The van der Waals surface area contributed by atoms with E-state index < -0.39 is 10.0 Å². The van der Waals surface area contributed by atoms with Crippen LogP contribution in [0.1, 0.15) is 39.2 Å². The molecule has 0 saturated carbocycles. The molecule has 6 heteroatoms. The van der Waals surface area contributed by atoms with Gasteiger partial charge in [0.1, 0.15) is 5.75 Å². The van der Waals surface area contributed by atoms with Crippen molar-refractivity contribution in [1.29, 1.82) is 0 Å². The summed E-state index contributed by atoms with van der Waals surface area (Å²) in [4.78, 5) is 0.285. The van der Waals surface area contributed by atoms with Gasteiger partial charge >= 0.3 is 0 Å². The van der Waals surface area contributed by atoms with Gasteiger partial charge in [0.25, 0.3) is 0 Å². The second-order valence-corrected chi connectivity index (χ2v) is 6.56. The molecule has 0 atom stereocenters. The molecule has 0 unspecified atom stereocenters. The minimum absolute atomic E-state index is 0.285. The molecule has 0 aliphatic rings. The maximum atomic E-state index is 12.2. The Labute approximate surface area is 128 Å². The van der Waals surface area contributed by atoms with E-state index in [4.69, 9.17) is 4.74 Å². The predicted octanol–water partition coefficient (Wildman–Crippen LogP) is 2.27. The molecule has 0 bridgehead atoms. The fourth-order valence-electron chi connectivity index (χ4n) is 1.79. The molecule has 2 N–H and O–H groups in total. The van der Waals surface area contributed by atoms with Gasteiger partial charge in [-0.25, -0.2) is 13.1 Å². The van der Waals surface area contributed by atoms with Crippen molar-refractivity contribution in [3.63, 3.8) is 0 Å². The third-order valence-corrected chi connectivity index (χ3v) is 4.37. The van der Waals surface area contributed by atoms with Gasteiger partial charge in [0, 0.05) is 18.7 Å². The fourth-order valence-corrected chi connectivity index (χ4v) is 2.98. The summed E-state index contributed by atoms with van der Waals surface area (Å²) in [5, 5.41) is 3.21.